The molecule has 0 aromatic carbocycles. The van der Waals surface area contributed by atoms with Crippen LogP contribution >= 0.6 is 0 Å². The van der Waals surface area contributed by atoms with E-state index in [1.54, 1.807) is 30.7 Å². The minimum Gasteiger partial charge on any atom is -0.472 e. The molecule has 28 heavy (non-hydrogen) atoms. The van der Waals surface area contributed by atoms with Crippen molar-refractivity contribution in [1.82, 2.24) is 20.2 Å². The molecule has 7 nitrogen and oxygen atoms in total. The van der Waals surface area contributed by atoms with Crippen molar-refractivity contribution in [3.8, 4) is 5.88 Å². The van der Waals surface area contributed by atoms with E-state index in [9.17, 15) is 18.0 Å². The number of H-pyrrole nitrogens is 1. The van der Waals surface area contributed by atoms with Crippen molar-refractivity contribution in [2.24, 2.45) is 0 Å². The maximum Gasteiger partial charge on any atom is 0.423 e. The molecule has 10 heteroatoms. The minimum atomic E-state index is -4.79. The molecule has 0 unspecified atom stereocenters. The summed E-state index contributed by atoms with van der Waals surface area (Å²) in [6.45, 7) is 0.548. The monoisotopic (exact) mass is 389 g/mol. The minimum absolute atomic E-state index is 0.125. The highest BCUT2D eigenvalue weighted by Gasteiger charge is 2.40. The Labute approximate surface area is 156 Å². The second-order valence-electron chi connectivity index (χ2n) is 6.22. The topological polar surface area (TPSA) is 84.0 Å². The Bertz CT molecular complexity index is 1050. The molecule has 0 bridgehead atoms. The van der Waals surface area contributed by atoms with Gasteiger partial charge in [-0.15, -0.1) is 0 Å². The molecule has 0 saturated heterocycles. The summed E-state index contributed by atoms with van der Waals surface area (Å²) < 4.78 is 45.8. The average molecular weight is 389 g/mol. The van der Waals surface area contributed by atoms with Crippen molar-refractivity contribution >= 4 is 5.69 Å². The van der Waals surface area contributed by atoms with Gasteiger partial charge in [-0.1, -0.05) is 6.07 Å². The number of rotatable bonds is 4. The molecule has 0 fully saturated rings. The quantitative estimate of drug-likeness (QED) is 0.739. The maximum absolute atomic E-state index is 13.4. The normalized spacial score (nSPS) is 13.5. The van der Waals surface area contributed by atoms with E-state index in [4.69, 9.17) is 4.74 Å². The van der Waals surface area contributed by atoms with E-state index in [0.717, 1.165) is 17.3 Å². The summed E-state index contributed by atoms with van der Waals surface area (Å²) in [6.07, 6.45) is 1.07. The van der Waals surface area contributed by atoms with Crippen LogP contribution in [-0.2, 0) is 25.9 Å². The van der Waals surface area contributed by atoms with Crippen molar-refractivity contribution in [3.63, 3.8) is 0 Å². The second-order valence-corrected chi connectivity index (χ2v) is 6.22. The Morgan fingerprint density at radius 3 is 2.79 bits per heavy atom. The highest BCUT2D eigenvalue weighted by molar-refractivity contribution is 5.57. The first-order valence-electron chi connectivity index (χ1n) is 8.32. The Kier molecular flexibility index (Phi) is 4.46. The molecular weight excluding hydrogens is 375 g/mol. The van der Waals surface area contributed by atoms with Gasteiger partial charge in [-0.2, -0.15) is 18.3 Å². The van der Waals surface area contributed by atoms with Crippen LogP contribution in [0.4, 0.5) is 18.9 Å². The van der Waals surface area contributed by atoms with Crippen LogP contribution in [0.25, 0.3) is 0 Å². The van der Waals surface area contributed by atoms with Gasteiger partial charge in [0, 0.05) is 42.8 Å². The molecule has 1 N–H and O–H groups in total. The van der Waals surface area contributed by atoms with Gasteiger partial charge in [0.05, 0.1) is 11.9 Å². The van der Waals surface area contributed by atoms with Gasteiger partial charge < -0.3 is 9.64 Å². The van der Waals surface area contributed by atoms with Gasteiger partial charge in [-0.3, -0.25) is 9.78 Å². The van der Waals surface area contributed by atoms with Crippen molar-refractivity contribution < 1.29 is 17.9 Å². The number of hydrogen-bond acceptors (Lipinski definition) is 6. The first-order valence-corrected chi connectivity index (χ1v) is 8.32. The van der Waals surface area contributed by atoms with Gasteiger partial charge in [-0.05, 0) is 17.7 Å². The summed E-state index contributed by atoms with van der Waals surface area (Å²) in [7, 11) is 0. The Morgan fingerprint density at radius 1 is 1.18 bits per heavy atom. The third-order valence-corrected chi connectivity index (χ3v) is 4.38. The number of nitrogens with one attached hydrogen (secondary N) is 1. The SMILES string of the molecule is O=c1[nH]ncc(N2Cc3ccnc(OCc4cccnc4)c3C2)c1C(F)(F)F. The van der Waals surface area contributed by atoms with Gasteiger partial charge >= 0.3 is 6.18 Å². The predicted octanol–water partition coefficient (Wildman–Crippen LogP) is 2.68. The lowest BCUT2D eigenvalue weighted by Gasteiger charge is -2.21. The van der Waals surface area contributed by atoms with Crippen molar-refractivity contribution in [2.45, 2.75) is 25.9 Å². The molecule has 4 rings (SSSR count). The average Bonchev–Trinajstić information content (AvgIpc) is 3.11. The van der Waals surface area contributed by atoms with Crippen LogP contribution in [0.15, 0.2) is 47.8 Å². The maximum atomic E-state index is 13.4. The highest BCUT2D eigenvalue weighted by Crippen LogP contribution is 2.38. The van der Waals surface area contributed by atoms with E-state index >= 15 is 0 Å². The zero-order valence-electron chi connectivity index (χ0n) is 14.4. The fourth-order valence-electron chi connectivity index (χ4n) is 3.11. The number of ether oxygens (including phenoxy) is 1. The molecule has 0 atom stereocenters. The van der Waals surface area contributed by atoms with Crippen LogP contribution in [0, 0.1) is 0 Å². The Morgan fingerprint density at radius 2 is 2.04 bits per heavy atom. The summed E-state index contributed by atoms with van der Waals surface area (Å²) in [5.41, 5.74) is -0.502. The van der Waals surface area contributed by atoms with Crippen LogP contribution < -0.4 is 15.2 Å². The van der Waals surface area contributed by atoms with Gasteiger partial charge in [0.15, 0.2) is 0 Å². The Balaban J connectivity index is 1.62. The molecule has 1 aliphatic rings. The summed E-state index contributed by atoms with van der Waals surface area (Å²) in [5, 5.41) is 5.38. The second kappa shape index (κ2) is 6.95. The van der Waals surface area contributed by atoms with Gasteiger partial charge in [0.1, 0.15) is 12.2 Å². The number of nitrogens with zero attached hydrogens (tertiary/aromatic N) is 4. The number of pyridine rings is 2. The zero-order chi connectivity index (χ0) is 19.7. The lowest BCUT2D eigenvalue weighted by Crippen LogP contribution is -2.28. The molecule has 144 valence electrons. The molecule has 0 radical (unpaired) electrons. The smallest absolute Gasteiger partial charge is 0.423 e. The van der Waals surface area contributed by atoms with Crippen molar-refractivity contribution in [1.29, 1.82) is 0 Å². The number of alkyl halides is 3. The number of halogens is 3. The summed E-state index contributed by atoms with van der Waals surface area (Å²) in [5.74, 6) is 0.343. The van der Waals surface area contributed by atoms with Crippen LogP contribution in [-0.4, -0.2) is 20.2 Å². The molecule has 0 spiro atoms. The lowest BCUT2D eigenvalue weighted by atomic mass is 10.2. The van der Waals surface area contributed by atoms with Crippen LogP contribution in [0.3, 0.4) is 0 Å². The van der Waals surface area contributed by atoms with Gasteiger partial charge in [-0.25, -0.2) is 10.1 Å². The van der Waals surface area contributed by atoms with E-state index in [1.807, 2.05) is 11.2 Å². The molecule has 3 aromatic rings. The summed E-state index contributed by atoms with van der Waals surface area (Å²) >= 11 is 0. The first-order chi connectivity index (χ1) is 13.4. The summed E-state index contributed by atoms with van der Waals surface area (Å²) in [6, 6.07) is 5.35. The molecule has 0 amide bonds. The predicted molar refractivity (Wildman–Crippen MR) is 92.6 cm³/mol. The third-order valence-electron chi connectivity index (χ3n) is 4.38. The van der Waals surface area contributed by atoms with Crippen molar-refractivity contribution in [2.75, 3.05) is 4.90 Å². The number of anilines is 1. The number of hydrogen-bond donors (Lipinski definition) is 1. The largest absolute Gasteiger partial charge is 0.472 e. The zero-order valence-corrected chi connectivity index (χ0v) is 14.4. The van der Waals surface area contributed by atoms with Crippen LogP contribution in [0.2, 0.25) is 0 Å². The number of aromatic nitrogens is 4. The Hall–Kier alpha value is -3.43. The van der Waals surface area contributed by atoms with Gasteiger partial charge in [0.2, 0.25) is 5.88 Å². The number of aromatic amines is 1. The van der Waals surface area contributed by atoms with Crippen LogP contribution in [0.5, 0.6) is 5.88 Å². The first kappa shape index (κ1) is 18.0. The standard InChI is InChI=1S/C18H14F3N5O2/c19-18(20,21)15-14(7-24-25-16(15)27)26-8-12-3-5-23-17(13(12)9-26)28-10-11-2-1-4-22-6-11/h1-7H,8-10H2,(H,25,27). The fraction of sp³-hybridized carbons (Fsp3) is 0.222. The molecule has 1 aliphatic heterocycles. The lowest BCUT2D eigenvalue weighted by molar-refractivity contribution is -0.138. The third kappa shape index (κ3) is 3.40. The van der Waals surface area contributed by atoms with Gasteiger partial charge in [0.25, 0.3) is 5.56 Å². The molecule has 3 aromatic heterocycles. The summed E-state index contributed by atoms with van der Waals surface area (Å²) in [4.78, 5) is 21.4. The highest BCUT2D eigenvalue weighted by atomic mass is 19.4. The van der Waals surface area contributed by atoms with E-state index < -0.39 is 17.3 Å². The van der Waals surface area contributed by atoms with Crippen LogP contribution in [0.1, 0.15) is 22.3 Å². The molecule has 0 aliphatic carbocycles. The van der Waals surface area contributed by atoms with E-state index in [-0.39, 0.29) is 25.4 Å². The number of fused-ring (bicyclic) bond motifs is 1. The van der Waals surface area contributed by atoms with E-state index in [2.05, 4.69) is 15.1 Å². The molecular formula is C18H14F3N5O2. The van der Waals surface area contributed by atoms with Crippen molar-refractivity contribution in [3.05, 3.63) is 75.6 Å². The fourth-order valence-corrected chi connectivity index (χ4v) is 3.11. The molecule has 4 heterocycles. The molecule has 0 saturated carbocycles. The van der Waals surface area contributed by atoms with E-state index in [0.29, 0.717) is 11.4 Å². The van der Waals surface area contributed by atoms with E-state index in [1.165, 1.54) is 4.90 Å².